The number of hydrogen-bond donors (Lipinski definition) is 1. The summed E-state index contributed by atoms with van der Waals surface area (Å²) in [7, 11) is 1.58. The van der Waals surface area contributed by atoms with Gasteiger partial charge in [0.1, 0.15) is 19.0 Å². The molecule has 2 aromatic rings. The second-order valence-electron chi connectivity index (χ2n) is 7.02. The Morgan fingerprint density at radius 2 is 1.93 bits per heavy atom. The second-order valence-corrected chi connectivity index (χ2v) is 7.02. The highest BCUT2D eigenvalue weighted by Gasteiger charge is 2.21. The number of nitrogens with two attached hydrogens (primary N) is 1. The predicted octanol–water partition coefficient (Wildman–Crippen LogP) is 4.37. The molecule has 0 fully saturated rings. The molecule has 1 aliphatic rings. The summed E-state index contributed by atoms with van der Waals surface area (Å²) in [5.74, 6) is 2.29. The predicted molar refractivity (Wildman–Crippen MR) is 113 cm³/mol. The van der Waals surface area contributed by atoms with Crippen molar-refractivity contribution in [1.82, 2.24) is 0 Å². The van der Waals surface area contributed by atoms with Crippen LogP contribution in [0.5, 0.6) is 23.0 Å². The number of hydrogen-bond acceptors (Lipinski definition) is 6. The van der Waals surface area contributed by atoms with Crippen LogP contribution < -0.4 is 24.7 Å². The van der Waals surface area contributed by atoms with Crippen molar-refractivity contribution in [3.8, 4) is 23.0 Å². The van der Waals surface area contributed by atoms with Gasteiger partial charge in [-0.25, -0.2) is 0 Å². The minimum Gasteiger partial charge on any atom is -0.493 e. The van der Waals surface area contributed by atoms with Crippen LogP contribution in [0.1, 0.15) is 36.7 Å². The molecular formula is C23H27NO5. The van der Waals surface area contributed by atoms with Gasteiger partial charge in [0.2, 0.25) is 5.75 Å². The molecule has 0 saturated carbocycles. The van der Waals surface area contributed by atoms with Crippen LogP contribution >= 0.6 is 0 Å². The van der Waals surface area contributed by atoms with E-state index in [0.29, 0.717) is 59.6 Å². The molecule has 0 unspecified atom stereocenters. The topological polar surface area (TPSA) is 80.0 Å². The van der Waals surface area contributed by atoms with E-state index in [1.54, 1.807) is 25.3 Å². The molecule has 2 aromatic carbocycles. The molecule has 0 radical (unpaired) electrons. The van der Waals surface area contributed by atoms with Gasteiger partial charge < -0.3 is 24.7 Å². The third-order valence-corrected chi connectivity index (χ3v) is 4.63. The van der Waals surface area contributed by atoms with E-state index in [4.69, 9.17) is 24.7 Å². The Hall–Kier alpha value is -3.15. The van der Waals surface area contributed by atoms with Crippen molar-refractivity contribution in [2.45, 2.75) is 20.8 Å². The molecule has 6 nitrogen and oxygen atoms in total. The summed E-state index contributed by atoms with van der Waals surface area (Å²) in [6, 6.07) is 8.84. The SMILES string of the molecule is CCOc1ccc(C(=O)/C(=C/c2cc(OC)c3c(c2)OCCO3)C(C)C)cc1N. The normalized spacial score (nSPS) is 13.3. The molecular weight excluding hydrogens is 370 g/mol. The summed E-state index contributed by atoms with van der Waals surface area (Å²) in [6.07, 6.45) is 1.86. The van der Waals surface area contributed by atoms with Crippen molar-refractivity contribution in [1.29, 1.82) is 0 Å². The van der Waals surface area contributed by atoms with Gasteiger partial charge in [-0.15, -0.1) is 0 Å². The lowest BCUT2D eigenvalue weighted by molar-refractivity contribution is 0.102. The first kappa shape index (κ1) is 20.6. The number of nitrogen functional groups attached to an aromatic ring is 1. The van der Waals surface area contributed by atoms with Crippen molar-refractivity contribution in [2.75, 3.05) is 32.7 Å². The Bertz CT molecular complexity index is 916. The van der Waals surface area contributed by atoms with Gasteiger partial charge in [0, 0.05) is 11.1 Å². The number of anilines is 1. The first-order valence-corrected chi connectivity index (χ1v) is 9.70. The molecule has 0 aliphatic carbocycles. The van der Waals surface area contributed by atoms with Crippen LogP contribution in [0.4, 0.5) is 5.69 Å². The number of carbonyl (C=O) groups is 1. The van der Waals surface area contributed by atoms with E-state index < -0.39 is 0 Å². The zero-order valence-corrected chi connectivity index (χ0v) is 17.3. The minimum atomic E-state index is -0.0800. The first-order valence-electron chi connectivity index (χ1n) is 9.70. The number of carbonyl (C=O) groups excluding carboxylic acids is 1. The maximum absolute atomic E-state index is 13.2. The number of ketones is 1. The first-order chi connectivity index (χ1) is 13.9. The molecule has 0 bridgehead atoms. The van der Waals surface area contributed by atoms with E-state index in [1.807, 2.05) is 39.0 Å². The van der Waals surface area contributed by atoms with Gasteiger partial charge in [0.25, 0.3) is 0 Å². The molecule has 29 heavy (non-hydrogen) atoms. The van der Waals surface area contributed by atoms with E-state index in [1.165, 1.54) is 0 Å². The van der Waals surface area contributed by atoms with Crippen LogP contribution in [-0.2, 0) is 0 Å². The third kappa shape index (κ3) is 4.47. The number of benzene rings is 2. The summed E-state index contributed by atoms with van der Waals surface area (Å²) in [5.41, 5.74) is 8.48. The van der Waals surface area contributed by atoms with Crippen molar-refractivity contribution >= 4 is 17.5 Å². The van der Waals surface area contributed by atoms with Gasteiger partial charge in [-0.3, -0.25) is 4.79 Å². The number of ether oxygens (including phenoxy) is 4. The molecule has 1 heterocycles. The fraction of sp³-hybridized carbons (Fsp3) is 0.348. The quantitative estimate of drug-likeness (QED) is 0.425. The third-order valence-electron chi connectivity index (χ3n) is 4.63. The number of methoxy groups -OCH3 is 1. The van der Waals surface area contributed by atoms with Crippen LogP contribution in [0.25, 0.3) is 6.08 Å². The molecule has 0 aromatic heterocycles. The molecule has 6 heteroatoms. The average molecular weight is 397 g/mol. The Morgan fingerprint density at radius 3 is 2.59 bits per heavy atom. The number of allylic oxidation sites excluding steroid dienone is 1. The van der Waals surface area contributed by atoms with Gasteiger partial charge in [0.05, 0.1) is 19.4 Å². The lowest BCUT2D eigenvalue weighted by atomic mass is 9.92. The van der Waals surface area contributed by atoms with Gasteiger partial charge in [-0.05, 0) is 54.8 Å². The van der Waals surface area contributed by atoms with Crippen molar-refractivity contribution in [2.24, 2.45) is 5.92 Å². The molecule has 0 amide bonds. The van der Waals surface area contributed by atoms with E-state index in [-0.39, 0.29) is 11.7 Å². The largest absolute Gasteiger partial charge is 0.493 e. The lowest BCUT2D eigenvalue weighted by Gasteiger charge is -2.21. The highest BCUT2D eigenvalue weighted by Crippen LogP contribution is 2.41. The van der Waals surface area contributed by atoms with Gasteiger partial charge in [0.15, 0.2) is 17.3 Å². The van der Waals surface area contributed by atoms with Crippen LogP contribution in [-0.4, -0.2) is 32.7 Å². The monoisotopic (exact) mass is 397 g/mol. The molecule has 0 spiro atoms. The summed E-state index contributed by atoms with van der Waals surface area (Å²) in [4.78, 5) is 13.2. The summed E-state index contributed by atoms with van der Waals surface area (Å²) in [6.45, 7) is 7.33. The molecule has 154 valence electrons. The molecule has 3 rings (SSSR count). The van der Waals surface area contributed by atoms with Gasteiger partial charge >= 0.3 is 0 Å². The van der Waals surface area contributed by atoms with Crippen molar-refractivity contribution in [3.05, 3.63) is 47.0 Å². The number of fused-ring (bicyclic) bond motifs is 1. The maximum Gasteiger partial charge on any atom is 0.203 e. The van der Waals surface area contributed by atoms with E-state index >= 15 is 0 Å². The summed E-state index contributed by atoms with van der Waals surface area (Å²) < 4.78 is 22.3. The fourth-order valence-electron chi connectivity index (χ4n) is 3.19. The van der Waals surface area contributed by atoms with Crippen molar-refractivity contribution < 1.29 is 23.7 Å². The zero-order valence-electron chi connectivity index (χ0n) is 17.3. The van der Waals surface area contributed by atoms with Gasteiger partial charge in [-0.1, -0.05) is 13.8 Å². The maximum atomic E-state index is 13.2. The summed E-state index contributed by atoms with van der Waals surface area (Å²) >= 11 is 0. The Balaban J connectivity index is 1.98. The highest BCUT2D eigenvalue weighted by molar-refractivity contribution is 6.12. The molecule has 1 aliphatic heterocycles. The highest BCUT2D eigenvalue weighted by atomic mass is 16.6. The Morgan fingerprint density at radius 1 is 1.17 bits per heavy atom. The standard InChI is InChI=1S/C23H27NO5/c1-5-27-19-7-6-16(13-18(19)24)22(25)17(14(2)3)10-15-11-20(26-4)23-21(12-15)28-8-9-29-23/h6-7,10-14H,5,8-9,24H2,1-4H3/b17-10+. The second kappa shape index (κ2) is 8.90. The minimum absolute atomic E-state index is 0.00879. The van der Waals surface area contributed by atoms with Gasteiger partial charge in [-0.2, -0.15) is 0 Å². The fourth-order valence-corrected chi connectivity index (χ4v) is 3.19. The van der Waals surface area contributed by atoms with Crippen LogP contribution in [0.3, 0.4) is 0 Å². The molecule has 2 N–H and O–H groups in total. The van der Waals surface area contributed by atoms with E-state index in [0.717, 1.165) is 5.56 Å². The number of rotatable bonds is 7. The Kier molecular flexibility index (Phi) is 6.32. The average Bonchev–Trinajstić information content (AvgIpc) is 2.72. The number of Topliss-reactive ketones (excluding diaryl/α,β-unsaturated/α-hetero) is 1. The smallest absolute Gasteiger partial charge is 0.203 e. The Labute approximate surface area is 171 Å². The summed E-state index contributed by atoms with van der Waals surface area (Å²) in [5, 5.41) is 0. The lowest BCUT2D eigenvalue weighted by Crippen LogP contribution is -2.16. The van der Waals surface area contributed by atoms with Crippen LogP contribution in [0.2, 0.25) is 0 Å². The van der Waals surface area contributed by atoms with E-state index in [9.17, 15) is 4.79 Å². The van der Waals surface area contributed by atoms with Crippen LogP contribution in [0, 0.1) is 5.92 Å². The molecule has 0 saturated heterocycles. The van der Waals surface area contributed by atoms with Crippen molar-refractivity contribution in [3.63, 3.8) is 0 Å². The van der Waals surface area contributed by atoms with E-state index in [2.05, 4.69) is 0 Å². The zero-order chi connectivity index (χ0) is 21.0. The molecule has 0 atom stereocenters. The van der Waals surface area contributed by atoms with Crippen LogP contribution in [0.15, 0.2) is 35.9 Å².